The van der Waals surface area contributed by atoms with Gasteiger partial charge in [-0.1, -0.05) is 6.92 Å². The van der Waals surface area contributed by atoms with Crippen LogP contribution in [0, 0.1) is 11.8 Å². The number of imidazole rings is 1. The number of hydrogen-bond acceptors (Lipinski definition) is 7. The highest BCUT2D eigenvalue weighted by Gasteiger charge is 2.37. The lowest BCUT2D eigenvalue weighted by molar-refractivity contribution is 0.0739. The molecule has 1 saturated carbocycles. The maximum atomic E-state index is 13.6. The monoisotopic (exact) mass is 557 g/mol. The Morgan fingerprint density at radius 3 is 2.59 bits per heavy atom. The number of pyridine rings is 1. The van der Waals surface area contributed by atoms with Crippen molar-refractivity contribution in [2.24, 2.45) is 24.6 Å². The number of benzene rings is 1. The van der Waals surface area contributed by atoms with Crippen molar-refractivity contribution < 1.29 is 14.3 Å². The van der Waals surface area contributed by atoms with Gasteiger partial charge in [0.1, 0.15) is 22.7 Å². The zero-order valence-electron chi connectivity index (χ0n) is 24.3. The Bertz CT molecular complexity index is 1630. The van der Waals surface area contributed by atoms with Crippen LogP contribution in [0.4, 0.5) is 5.82 Å². The molecule has 3 fully saturated rings. The third-order valence-electron chi connectivity index (χ3n) is 9.28. The van der Waals surface area contributed by atoms with Crippen molar-refractivity contribution in [2.75, 3.05) is 44.9 Å². The lowest BCUT2D eigenvalue weighted by atomic mass is 10.0. The molecule has 1 aliphatic carbocycles. The van der Waals surface area contributed by atoms with Crippen LogP contribution in [0.15, 0.2) is 30.3 Å². The maximum absolute atomic E-state index is 13.6. The summed E-state index contributed by atoms with van der Waals surface area (Å²) in [7, 11) is 3.66. The average molecular weight is 558 g/mol. The fourth-order valence-electron chi connectivity index (χ4n) is 6.55. The van der Waals surface area contributed by atoms with Crippen LogP contribution < -0.4 is 15.4 Å². The number of methoxy groups -OCH3 is 1. The highest BCUT2D eigenvalue weighted by atomic mass is 16.5. The van der Waals surface area contributed by atoms with E-state index in [0.717, 1.165) is 72.3 Å². The summed E-state index contributed by atoms with van der Waals surface area (Å²) in [5.74, 6) is 3.33. The van der Waals surface area contributed by atoms with E-state index in [9.17, 15) is 4.79 Å². The molecule has 0 spiro atoms. The Morgan fingerprint density at radius 2 is 1.90 bits per heavy atom. The first kappa shape index (κ1) is 26.3. The number of fused-ring (bicyclic) bond motifs is 2. The molecule has 0 bridgehead atoms. The molecule has 3 atom stereocenters. The van der Waals surface area contributed by atoms with Crippen LogP contribution in [0.25, 0.3) is 33.6 Å². The fourth-order valence-corrected chi connectivity index (χ4v) is 6.55. The largest absolute Gasteiger partial charge is 0.494 e. The molecule has 7 rings (SSSR count). The maximum Gasteiger partial charge on any atom is 0.254 e. The summed E-state index contributed by atoms with van der Waals surface area (Å²) in [4.78, 5) is 28.1. The van der Waals surface area contributed by atoms with Crippen LogP contribution in [0.2, 0.25) is 0 Å². The van der Waals surface area contributed by atoms with E-state index in [1.807, 2.05) is 31.0 Å². The van der Waals surface area contributed by atoms with Crippen LogP contribution in [-0.2, 0) is 18.3 Å². The van der Waals surface area contributed by atoms with E-state index in [0.29, 0.717) is 23.8 Å². The molecule has 1 aromatic carbocycles. The molecule has 3 aromatic heterocycles. The van der Waals surface area contributed by atoms with Crippen molar-refractivity contribution in [2.45, 2.75) is 45.3 Å². The van der Waals surface area contributed by atoms with Gasteiger partial charge >= 0.3 is 0 Å². The van der Waals surface area contributed by atoms with Gasteiger partial charge < -0.3 is 34.1 Å². The SMILES string of the molecule is COc1cc(C(=O)N2C[C@@H](C)[C@@H](N)[C@H]2C)cc2nc(-c3cc4ccc(N5CCOCC5)nc4n3CC3CC3)n(C)c12. The van der Waals surface area contributed by atoms with Gasteiger partial charge in [-0.2, -0.15) is 0 Å². The number of amides is 1. The van der Waals surface area contributed by atoms with E-state index in [1.165, 1.54) is 12.8 Å². The molecular weight excluding hydrogens is 518 g/mol. The molecule has 2 aliphatic heterocycles. The predicted octanol–water partition coefficient (Wildman–Crippen LogP) is 3.65. The molecule has 1 amide bonds. The van der Waals surface area contributed by atoms with Crippen molar-refractivity contribution in [1.82, 2.24) is 24.0 Å². The molecule has 2 saturated heterocycles. The number of likely N-dealkylation sites (tertiary alicyclic amines) is 1. The van der Waals surface area contributed by atoms with Crippen molar-refractivity contribution in [1.29, 1.82) is 0 Å². The van der Waals surface area contributed by atoms with Crippen LogP contribution >= 0.6 is 0 Å². The second-order valence-corrected chi connectivity index (χ2v) is 12.1. The molecule has 5 heterocycles. The van der Waals surface area contributed by atoms with Crippen molar-refractivity contribution in [3.05, 3.63) is 35.9 Å². The lowest BCUT2D eigenvalue weighted by Gasteiger charge is -2.27. The van der Waals surface area contributed by atoms with Gasteiger partial charge in [0, 0.05) is 56.3 Å². The lowest BCUT2D eigenvalue weighted by Crippen LogP contribution is -2.40. The number of anilines is 1. The molecule has 10 heteroatoms. The number of carbonyl (C=O) groups is 1. The first-order chi connectivity index (χ1) is 19.8. The van der Waals surface area contributed by atoms with Gasteiger partial charge in [-0.25, -0.2) is 9.97 Å². The van der Waals surface area contributed by atoms with E-state index in [1.54, 1.807) is 7.11 Å². The number of carbonyl (C=O) groups excluding carboxylic acids is 1. The summed E-state index contributed by atoms with van der Waals surface area (Å²) in [6.07, 6.45) is 2.47. The summed E-state index contributed by atoms with van der Waals surface area (Å²) in [5, 5.41) is 1.10. The van der Waals surface area contributed by atoms with Crippen LogP contribution in [0.1, 0.15) is 37.0 Å². The molecule has 4 aromatic rings. The molecule has 0 radical (unpaired) electrons. The third-order valence-corrected chi connectivity index (χ3v) is 9.28. The second-order valence-electron chi connectivity index (χ2n) is 12.1. The molecule has 216 valence electrons. The summed E-state index contributed by atoms with van der Waals surface area (Å²) in [6.45, 7) is 8.83. The minimum Gasteiger partial charge on any atom is -0.494 e. The van der Waals surface area contributed by atoms with Crippen LogP contribution in [-0.4, -0.2) is 82.0 Å². The normalized spacial score (nSPS) is 23.2. The van der Waals surface area contributed by atoms with Gasteiger partial charge in [-0.3, -0.25) is 4.79 Å². The van der Waals surface area contributed by atoms with E-state index in [2.05, 4.69) is 39.2 Å². The highest BCUT2D eigenvalue weighted by Crippen LogP contribution is 2.38. The molecular formula is C31H39N7O3. The number of nitrogens with zero attached hydrogens (tertiary/aromatic N) is 6. The standard InChI is InChI=1S/C31H39N7O3/c1-18-16-37(19(2)27(18)32)31(39)22-13-23-28(25(15-22)40-4)35(3)30(33-23)24-14-21-7-8-26(36-9-11-41-12-10-36)34-29(21)38(24)17-20-5-6-20/h7-8,13-15,18-20,27H,5-6,9-12,16-17,32H2,1-4H3/t18-,19-,27-/m1/s1. The Hall–Kier alpha value is -3.63. The van der Waals surface area contributed by atoms with E-state index in [4.69, 9.17) is 25.2 Å². The first-order valence-corrected chi connectivity index (χ1v) is 14.8. The topological polar surface area (TPSA) is 104 Å². The summed E-state index contributed by atoms with van der Waals surface area (Å²) in [5.41, 5.74) is 10.5. The smallest absolute Gasteiger partial charge is 0.254 e. The first-order valence-electron chi connectivity index (χ1n) is 14.8. The number of hydrogen-bond donors (Lipinski definition) is 1. The number of ether oxygens (including phenoxy) is 2. The van der Waals surface area contributed by atoms with E-state index < -0.39 is 0 Å². The van der Waals surface area contributed by atoms with Gasteiger partial charge in [0.2, 0.25) is 0 Å². The molecule has 2 N–H and O–H groups in total. The van der Waals surface area contributed by atoms with Gasteiger partial charge in [0.15, 0.2) is 5.82 Å². The molecule has 10 nitrogen and oxygen atoms in total. The Labute approximate surface area is 240 Å². The Balaban J connectivity index is 1.33. The zero-order chi connectivity index (χ0) is 28.4. The van der Waals surface area contributed by atoms with Crippen molar-refractivity contribution >= 4 is 33.8 Å². The van der Waals surface area contributed by atoms with Crippen molar-refractivity contribution in [3.8, 4) is 17.3 Å². The summed E-state index contributed by atoms with van der Waals surface area (Å²) in [6, 6.07) is 10.2. The van der Waals surface area contributed by atoms with E-state index >= 15 is 0 Å². The molecule has 3 aliphatic rings. The Morgan fingerprint density at radius 1 is 1.12 bits per heavy atom. The summed E-state index contributed by atoms with van der Waals surface area (Å²) >= 11 is 0. The highest BCUT2D eigenvalue weighted by molar-refractivity contribution is 6.00. The fraction of sp³-hybridized carbons (Fsp3) is 0.516. The van der Waals surface area contributed by atoms with Crippen LogP contribution in [0.3, 0.4) is 0 Å². The predicted molar refractivity (Wildman–Crippen MR) is 159 cm³/mol. The quantitative estimate of drug-likeness (QED) is 0.386. The van der Waals surface area contributed by atoms with Gasteiger partial charge in [0.05, 0.1) is 31.5 Å². The molecule has 41 heavy (non-hydrogen) atoms. The number of aromatic nitrogens is 4. The second kappa shape index (κ2) is 10.0. The summed E-state index contributed by atoms with van der Waals surface area (Å²) < 4.78 is 15.8. The number of rotatable bonds is 6. The zero-order valence-corrected chi connectivity index (χ0v) is 24.3. The minimum absolute atomic E-state index is 0.0218. The molecule has 0 unspecified atom stereocenters. The Kier molecular flexibility index (Phi) is 6.43. The number of nitrogens with two attached hydrogens (primary N) is 1. The minimum atomic E-state index is -0.0348. The number of aryl methyl sites for hydroxylation is 1. The van der Waals surface area contributed by atoms with Gasteiger partial charge in [-0.15, -0.1) is 0 Å². The van der Waals surface area contributed by atoms with Crippen molar-refractivity contribution in [3.63, 3.8) is 0 Å². The van der Waals surface area contributed by atoms with Crippen LogP contribution in [0.5, 0.6) is 5.75 Å². The van der Waals surface area contributed by atoms with E-state index in [-0.39, 0.29) is 23.9 Å². The van der Waals surface area contributed by atoms with Gasteiger partial charge in [0.25, 0.3) is 5.91 Å². The average Bonchev–Trinajstić information content (AvgIpc) is 3.59. The van der Waals surface area contributed by atoms with Gasteiger partial charge in [-0.05, 0) is 61.9 Å². The number of morpholine rings is 1. The third kappa shape index (κ3) is 4.44.